The third-order valence-corrected chi connectivity index (χ3v) is 5.24. The Labute approximate surface area is 163 Å². The molecule has 6 nitrogen and oxygen atoms in total. The number of nitrogens with zero attached hydrogens (tertiary/aromatic N) is 3. The molecule has 4 rings (SSSR count). The Bertz CT molecular complexity index is 958. The fourth-order valence-electron chi connectivity index (χ4n) is 3.53. The number of ether oxygens (including phenoxy) is 1. The van der Waals surface area contributed by atoms with Crippen LogP contribution in [0.5, 0.6) is 5.75 Å². The van der Waals surface area contributed by atoms with Crippen molar-refractivity contribution >= 4 is 39.1 Å². The van der Waals surface area contributed by atoms with Crippen molar-refractivity contribution in [3.8, 4) is 5.75 Å². The Kier molecular flexibility index (Phi) is 5.31. The van der Waals surface area contributed by atoms with Gasteiger partial charge in [-0.05, 0) is 36.4 Å². The third kappa shape index (κ3) is 3.80. The highest BCUT2D eigenvalue weighted by Gasteiger charge is 2.19. The molecule has 0 radical (unpaired) electrons. The number of fused-ring (bicyclic) bond motifs is 2. The second-order valence-electron chi connectivity index (χ2n) is 6.70. The largest absolute Gasteiger partial charge is 0.497 e. The monoisotopic (exact) mass is 386 g/mol. The minimum atomic E-state index is 0.202. The SMILES string of the molecule is COc1ccc2nc3cc(Cl)ccc3c(NN3CCN(CCO)CC3)c2c1. The fraction of sp³-hybridized carbons (Fsp3) is 0.350. The zero-order valence-electron chi connectivity index (χ0n) is 15.3. The van der Waals surface area contributed by atoms with E-state index >= 15 is 0 Å². The lowest BCUT2D eigenvalue weighted by molar-refractivity contribution is 0.127. The highest BCUT2D eigenvalue weighted by molar-refractivity contribution is 6.31. The van der Waals surface area contributed by atoms with Crippen LogP contribution in [0.25, 0.3) is 21.8 Å². The maximum absolute atomic E-state index is 9.13. The Morgan fingerprint density at radius 1 is 1.07 bits per heavy atom. The number of hydrazine groups is 1. The van der Waals surface area contributed by atoms with Crippen LogP contribution in [0.3, 0.4) is 0 Å². The quantitative estimate of drug-likeness (QED) is 0.657. The molecule has 1 fully saturated rings. The number of halogens is 1. The lowest BCUT2D eigenvalue weighted by Gasteiger charge is -2.35. The van der Waals surface area contributed by atoms with Crippen LogP contribution in [-0.2, 0) is 0 Å². The lowest BCUT2D eigenvalue weighted by Crippen LogP contribution is -2.49. The molecule has 2 N–H and O–H groups in total. The van der Waals surface area contributed by atoms with Crippen LogP contribution in [0.15, 0.2) is 36.4 Å². The first-order valence-electron chi connectivity index (χ1n) is 9.10. The number of pyridine rings is 1. The van der Waals surface area contributed by atoms with Gasteiger partial charge in [0.05, 0.1) is 30.4 Å². The molecular formula is C20H23ClN4O2. The molecule has 0 bridgehead atoms. The van der Waals surface area contributed by atoms with Gasteiger partial charge in [-0.15, -0.1) is 0 Å². The number of benzene rings is 2. The Balaban J connectivity index is 1.74. The number of β-amino-alcohol motifs (C(OH)–C–C–N with tert-alkyl or cyclic N) is 1. The molecular weight excluding hydrogens is 364 g/mol. The molecule has 3 aromatic rings. The van der Waals surface area contributed by atoms with E-state index in [1.807, 2.05) is 36.4 Å². The molecule has 142 valence electrons. The predicted octanol–water partition coefficient (Wildman–Crippen LogP) is 2.99. The number of methoxy groups -OCH3 is 1. The van der Waals surface area contributed by atoms with Gasteiger partial charge in [-0.25, -0.2) is 9.99 Å². The number of aliphatic hydroxyl groups excluding tert-OH is 1. The summed E-state index contributed by atoms with van der Waals surface area (Å²) < 4.78 is 5.42. The molecule has 7 heteroatoms. The smallest absolute Gasteiger partial charge is 0.119 e. The lowest BCUT2D eigenvalue weighted by atomic mass is 10.1. The van der Waals surface area contributed by atoms with E-state index in [1.165, 1.54) is 0 Å². The Morgan fingerprint density at radius 3 is 2.63 bits per heavy atom. The first-order chi connectivity index (χ1) is 13.2. The van der Waals surface area contributed by atoms with E-state index in [0.717, 1.165) is 66.0 Å². The van der Waals surface area contributed by atoms with Crippen LogP contribution in [-0.4, -0.2) is 66.4 Å². The molecule has 1 aromatic heterocycles. The third-order valence-electron chi connectivity index (χ3n) is 5.00. The van der Waals surface area contributed by atoms with E-state index in [-0.39, 0.29) is 6.61 Å². The first kappa shape index (κ1) is 18.3. The van der Waals surface area contributed by atoms with E-state index < -0.39 is 0 Å². The Hall–Kier alpha value is -2.12. The molecule has 0 unspecified atom stereocenters. The van der Waals surface area contributed by atoms with Gasteiger partial charge >= 0.3 is 0 Å². The van der Waals surface area contributed by atoms with Crippen molar-refractivity contribution in [1.29, 1.82) is 0 Å². The van der Waals surface area contributed by atoms with Crippen LogP contribution < -0.4 is 10.2 Å². The van der Waals surface area contributed by atoms with E-state index in [4.69, 9.17) is 26.4 Å². The minimum absolute atomic E-state index is 0.202. The Morgan fingerprint density at radius 2 is 1.89 bits per heavy atom. The van der Waals surface area contributed by atoms with Gasteiger partial charge < -0.3 is 15.3 Å². The summed E-state index contributed by atoms with van der Waals surface area (Å²) in [5, 5.41) is 14.1. The average Bonchev–Trinajstić information content (AvgIpc) is 2.69. The maximum Gasteiger partial charge on any atom is 0.119 e. The van der Waals surface area contributed by atoms with E-state index in [1.54, 1.807) is 7.11 Å². The summed E-state index contributed by atoms with van der Waals surface area (Å²) in [5.74, 6) is 0.799. The highest BCUT2D eigenvalue weighted by Crippen LogP contribution is 2.34. The molecule has 2 heterocycles. The highest BCUT2D eigenvalue weighted by atomic mass is 35.5. The number of aliphatic hydroxyl groups is 1. The van der Waals surface area contributed by atoms with Gasteiger partial charge in [-0.3, -0.25) is 4.90 Å². The van der Waals surface area contributed by atoms with Gasteiger partial charge in [0.25, 0.3) is 0 Å². The molecule has 1 aliphatic heterocycles. The number of aromatic nitrogens is 1. The van der Waals surface area contributed by atoms with Crippen molar-refractivity contribution in [2.75, 3.05) is 51.9 Å². The van der Waals surface area contributed by atoms with Crippen molar-refractivity contribution in [3.05, 3.63) is 41.4 Å². The van der Waals surface area contributed by atoms with Gasteiger partial charge in [-0.2, -0.15) is 0 Å². The summed E-state index contributed by atoms with van der Waals surface area (Å²) in [7, 11) is 1.67. The van der Waals surface area contributed by atoms with Crippen LogP contribution in [0.2, 0.25) is 5.02 Å². The number of rotatable bonds is 5. The minimum Gasteiger partial charge on any atom is -0.497 e. The van der Waals surface area contributed by atoms with Gasteiger partial charge in [0, 0.05) is 48.5 Å². The summed E-state index contributed by atoms with van der Waals surface area (Å²) >= 11 is 6.19. The van der Waals surface area contributed by atoms with Crippen LogP contribution in [0.4, 0.5) is 5.69 Å². The maximum atomic E-state index is 9.13. The van der Waals surface area contributed by atoms with Crippen molar-refractivity contribution in [3.63, 3.8) is 0 Å². The fourth-order valence-corrected chi connectivity index (χ4v) is 3.69. The number of anilines is 1. The molecule has 1 aliphatic rings. The van der Waals surface area contributed by atoms with Crippen LogP contribution in [0, 0.1) is 0 Å². The molecule has 2 aromatic carbocycles. The van der Waals surface area contributed by atoms with Crippen molar-refractivity contribution in [1.82, 2.24) is 14.9 Å². The molecule has 0 saturated carbocycles. The number of hydrogen-bond donors (Lipinski definition) is 2. The standard InChI is InChI=1S/C20H23ClN4O2/c1-27-15-3-5-18-17(13-15)20(16-4-2-14(21)12-19(16)22-18)23-25-8-6-24(7-9-25)10-11-26/h2-5,12-13,26H,6-11H2,1H3,(H,22,23). The van der Waals surface area contributed by atoms with E-state index in [2.05, 4.69) is 15.3 Å². The molecule has 0 aliphatic carbocycles. The molecule has 0 atom stereocenters. The summed E-state index contributed by atoms with van der Waals surface area (Å²) in [6, 6.07) is 11.7. The van der Waals surface area contributed by atoms with Crippen molar-refractivity contribution in [2.24, 2.45) is 0 Å². The van der Waals surface area contributed by atoms with E-state index in [0.29, 0.717) is 5.02 Å². The summed E-state index contributed by atoms with van der Waals surface area (Å²) in [6.07, 6.45) is 0. The molecule has 1 saturated heterocycles. The van der Waals surface area contributed by atoms with Crippen LogP contribution in [0.1, 0.15) is 0 Å². The second kappa shape index (κ2) is 7.86. The van der Waals surface area contributed by atoms with Crippen LogP contribution >= 0.6 is 11.6 Å². The normalized spacial score (nSPS) is 16.1. The molecule has 0 amide bonds. The van der Waals surface area contributed by atoms with Gasteiger partial charge in [0.2, 0.25) is 0 Å². The number of nitrogens with one attached hydrogen (secondary N) is 1. The number of piperazine rings is 1. The van der Waals surface area contributed by atoms with Gasteiger partial charge in [0.15, 0.2) is 0 Å². The second-order valence-corrected chi connectivity index (χ2v) is 7.13. The zero-order valence-corrected chi connectivity index (χ0v) is 16.0. The molecule has 27 heavy (non-hydrogen) atoms. The summed E-state index contributed by atoms with van der Waals surface area (Å²) in [6.45, 7) is 4.53. The predicted molar refractivity (Wildman–Crippen MR) is 110 cm³/mol. The number of hydrogen-bond acceptors (Lipinski definition) is 6. The van der Waals surface area contributed by atoms with Crippen molar-refractivity contribution < 1.29 is 9.84 Å². The van der Waals surface area contributed by atoms with Gasteiger partial charge in [0.1, 0.15) is 5.75 Å². The van der Waals surface area contributed by atoms with E-state index in [9.17, 15) is 0 Å². The summed E-state index contributed by atoms with van der Waals surface area (Å²) in [5.41, 5.74) is 6.38. The van der Waals surface area contributed by atoms with Gasteiger partial charge in [-0.1, -0.05) is 11.6 Å². The topological polar surface area (TPSA) is 60.9 Å². The summed E-state index contributed by atoms with van der Waals surface area (Å²) in [4.78, 5) is 7.04. The molecule has 0 spiro atoms. The first-order valence-corrected chi connectivity index (χ1v) is 9.47. The van der Waals surface area contributed by atoms with Crippen molar-refractivity contribution in [2.45, 2.75) is 0 Å². The average molecular weight is 387 g/mol. The zero-order chi connectivity index (χ0) is 18.8.